The second-order valence-electron chi connectivity index (χ2n) is 2.75. The third-order valence-electron chi connectivity index (χ3n) is 1.57. The van der Waals surface area contributed by atoms with Gasteiger partial charge in [0.2, 0.25) is 0 Å². The SMILES string of the molecule is CC/C=C\C(=C/CC)CCC. The fraction of sp³-hybridized carbons (Fsp3) is 0.636. The zero-order chi connectivity index (χ0) is 8.53. The van der Waals surface area contributed by atoms with Gasteiger partial charge >= 0.3 is 0 Å². The summed E-state index contributed by atoms with van der Waals surface area (Å²) >= 11 is 0. The van der Waals surface area contributed by atoms with E-state index >= 15 is 0 Å². The van der Waals surface area contributed by atoms with Crippen LogP contribution in [0.15, 0.2) is 23.8 Å². The lowest BCUT2D eigenvalue weighted by Gasteiger charge is -1.97. The van der Waals surface area contributed by atoms with E-state index < -0.39 is 0 Å². The lowest BCUT2D eigenvalue weighted by atomic mass is 10.1. The Morgan fingerprint density at radius 3 is 2.27 bits per heavy atom. The van der Waals surface area contributed by atoms with Gasteiger partial charge in [-0.2, -0.15) is 0 Å². The summed E-state index contributed by atoms with van der Waals surface area (Å²) in [7, 11) is 0. The smallest absolute Gasteiger partial charge is 0.0285 e. The first-order valence-corrected chi connectivity index (χ1v) is 4.70. The highest BCUT2D eigenvalue weighted by atomic mass is 13.9. The predicted molar refractivity (Wildman–Crippen MR) is 52.7 cm³/mol. The summed E-state index contributed by atoms with van der Waals surface area (Å²) < 4.78 is 0. The highest BCUT2D eigenvalue weighted by molar-refractivity contribution is 5.17. The second-order valence-corrected chi connectivity index (χ2v) is 2.75. The van der Waals surface area contributed by atoms with Crippen LogP contribution >= 0.6 is 0 Å². The first-order chi connectivity index (χ1) is 5.35. The molecule has 0 saturated heterocycles. The Kier molecular flexibility index (Phi) is 7.23. The molecule has 0 saturated carbocycles. The van der Waals surface area contributed by atoms with Crippen LogP contribution in [-0.4, -0.2) is 0 Å². The van der Waals surface area contributed by atoms with Gasteiger partial charge in [-0.15, -0.1) is 0 Å². The van der Waals surface area contributed by atoms with Crippen molar-refractivity contribution in [1.29, 1.82) is 0 Å². The van der Waals surface area contributed by atoms with Gasteiger partial charge in [0.05, 0.1) is 0 Å². The van der Waals surface area contributed by atoms with E-state index in [1.54, 1.807) is 0 Å². The summed E-state index contributed by atoms with van der Waals surface area (Å²) in [6.45, 7) is 6.59. The number of hydrogen-bond acceptors (Lipinski definition) is 0. The standard InChI is InChI=1S/C11H20/c1-4-7-10-11(8-5-2)9-6-3/h7-8,10H,4-6,9H2,1-3H3/b10-7-,11-8-. The molecule has 0 bridgehead atoms. The molecule has 0 N–H and O–H groups in total. The monoisotopic (exact) mass is 152 g/mol. The summed E-state index contributed by atoms with van der Waals surface area (Å²) in [6, 6.07) is 0. The molecule has 0 heterocycles. The summed E-state index contributed by atoms with van der Waals surface area (Å²) in [5.41, 5.74) is 1.50. The average Bonchev–Trinajstić information content (AvgIpc) is 2.01. The summed E-state index contributed by atoms with van der Waals surface area (Å²) in [4.78, 5) is 0. The Hall–Kier alpha value is -0.520. The van der Waals surface area contributed by atoms with Gasteiger partial charge in [-0.1, -0.05) is 51.0 Å². The second kappa shape index (κ2) is 7.59. The molecule has 0 aliphatic heterocycles. The van der Waals surface area contributed by atoms with E-state index in [0.29, 0.717) is 0 Å². The minimum absolute atomic E-state index is 1.14. The van der Waals surface area contributed by atoms with Crippen LogP contribution in [0.4, 0.5) is 0 Å². The van der Waals surface area contributed by atoms with Gasteiger partial charge < -0.3 is 0 Å². The average molecular weight is 152 g/mol. The molecule has 0 aliphatic rings. The first kappa shape index (κ1) is 10.5. The maximum Gasteiger partial charge on any atom is -0.0285 e. The Morgan fingerprint density at radius 1 is 1.09 bits per heavy atom. The zero-order valence-electron chi connectivity index (χ0n) is 8.06. The predicted octanol–water partition coefficient (Wildman–Crippen LogP) is 4.09. The largest absolute Gasteiger partial charge is 0.0845 e. The van der Waals surface area contributed by atoms with E-state index in [4.69, 9.17) is 0 Å². The number of allylic oxidation sites excluding steroid dienone is 4. The van der Waals surface area contributed by atoms with Crippen molar-refractivity contribution < 1.29 is 0 Å². The lowest BCUT2D eigenvalue weighted by molar-refractivity contribution is 0.916. The molecule has 0 amide bonds. The Balaban J connectivity index is 3.88. The maximum atomic E-state index is 2.32. The van der Waals surface area contributed by atoms with Crippen molar-refractivity contribution >= 4 is 0 Å². The molecule has 0 rings (SSSR count). The molecule has 0 fully saturated rings. The molecular weight excluding hydrogens is 132 g/mol. The molecule has 0 radical (unpaired) electrons. The van der Waals surface area contributed by atoms with Crippen molar-refractivity contribution in [3.63, 3.8) is 0 Å². The van der Waals surface area contributed by atoms with Crippen LogP contribution in [0.3, 0.4) is 0 Å². The maximum absolute atomic E-state index is 2.32. The van der Waals surface area contributed by atoms with Crippen LogP contribution in [0.2, 0.25) is 0 Å². The fourth-order valence-electron chi connectivity index (χ4n) is 1.07. The van der Waals surface area contributed by atoms with Gasteiger partial charge in [-0.3, -0.25) is 0 Å². The minimum atomic E-state index is 1.14. The van der Waals surface area contributed by atoms with Gasteiger partial charge in [-0.25, -0.2) is 0 Å². The zero-order valence-corrected chi connectivity index (χ0v) is 8.06. The third-order valence-corrected chi connectivity index (χ3v) is 1.57. The molecule has 11 heavy (non-hydrogen) atoms. The van der Waals surface area contributed by atoms with Crippen LogP contribution in [0.25, 0.3) is 0 Å². The van der Waals surface area contributed by atoms with Crippen LogP contribution in [-0.2, 0) is 0 Å². The van der Waals surface area contributed by atoms with E-state index in [0.717, 1.165) is 12.8 Å². The van der Waals surface area contributed by atoms with Gasteiger partial charge in [0, 0.05) is 0 Å². The molecule has 0 aliphatic carbocycles. The molecule has 0 aromatic rings. The van der Waals surface area contributed by atoms with Gasteiger partial charge in [0.1, 0.15) is 0 Å². The van der Waals surface area contributed by atoms with E-state index in [2.05, 4.69) is 39.0 Å². The molecule has 0 unspecified atom stereocenters. The summed E-state index contributed by atoms with van der Waals surface area (Å²) in [5, 5.41) is 0. The highest BCUT2D eigenvalue weighted by Crippen LogP contribution is 2.07. The van der Waals surface area contributed by atoms with E-state index in [1.807, 2.05) is 0 Å². The highest BCUT2D eigenvalue weighted by Gasteiger charge is 1.87. The molecule has 0 aromatic carbocycles. The molecule has 0 atom stereocenters. The Bertz CT molecular complexity index is 129. The molecule has 0 heteroatoms. The van der Waals surface area contributed by atoms with E-state index in [9.17, 15) is 0 Å². The van der Waals surface area contributed by atoms with Crippen LogP contribution in [0, 0.1) is 0 Å². The summed E-state index contributed by atoms with van der Waals surface area (Å²) in [5.74, 6) is 0. The molecular formula is C11H20. The number of hydrogen-bond donors (Lipinski definition) is 0. The van der Waals surface area contributed by atoms with E-state index in [1.165, 1.54) is 18.4 Å². The molecule has 64 valence electrons. The van der Waals surface area contributed by atoms with Crippen molar-refractivity contribution in [2.24, 2.45) is 0 Å². The molecule has 0 nitrogen and oxygen atoms in total. The lowest BCUT2D eigenvalue weighted by Crippen LogP contribution is -1.77. The third kappa shape index (κ3) is 5.90. The molecule has 0 spiro atoms. The van der Waals surface area contributed by atoms with Crippen molar-refractivity contribution in [3.8, 4) is 0 Å². The van der Waals surface area contributed by atoms with Crippen molar-refractivity contribution in [3.05, 3.63) is 23.8 Å². The first-order valence-electron chi connectivity index (χ1n) is 4.70. The van der Waals surface area contributed by atoms with Crippen molar-refractivity contribution in [1.82, 2.24) is 0 Å². The molecule has 0 aromatic heterocycles. The van der Waals surface area contributed by atoms with Crippen molar-refractivity contribution in [2.75, 3.05) is 0 Å². The minimum Gasteiger partial charge on any atom is -0.0845 e. The Labute approximate surface area is 71.0 Å². The van der Waals surface area contributed by atoms with Gasteiger partial charge in [0.25, 0.3) is 0 Å². The van der Waals surface area contributed by atoms with Crippen LogP contribution in [0.1, 0.15) is 46.5 Å². The van der Waals surface area contributed by atoms with Gasteiger partial charge in [0.15, 0.2) is 0 Å². The summed E-state index contributed by atoms with van der Waals surface area (Å²) in [6.07, 6.45) is 11.6. The Morgan fingerprint density at radius 2 is 1.82 bits per heavy atom. The normalized spacial score (nSPS) is 12.8. The van der Waals surface area contributed by atoms with Crippen molar-refractivity contribution in [2.45, 2.75) is 46.5 Å². The van der Waals surface area contributed by atoms with Crippen LogP contribution in [0.5, 0.6) is 0 Å². The quantitative estimate of drug-likeness (QED) is 0.520. The fourth-order valence-corrected chi connectivity index (χ4v) is 1.07. The van der Waals surface area contributed by atoms with Gasteiger partial charge in [-0.05, 0) is 19.3 Å². The topological polar surface area (TPSA) is 0 Å². The number of rotatable bonds is 5. The van der Waals surface area contributed by atoms with E-state index in [-0.39, 0.29) is 0 Å². The van der Waals surface area contributed by atoms with Crippen LogP contribution < -0.4 is 0 Å².